The number of amides is 2. The molecular weight excluding hydrogens is 348 g/mol. The summed E-state index contributed by atoms with van der Waals surface area (Å²) in [6, 6.07) is 2.86. The quantitative estimate of drug-likeness (QED) is 0.757. The Bertz CT molecular complexity index is 1030. The van der Waals surface area contributed by atoms with Crippen LogP contribution in [0.4, 0.5) is 0 Å². The third-order valence-electron chi connectivity index (χ3n) is 4.34. The molecule has 0 unspecified atom stereocenters. The van der Waals surface area contributed by atoms with Gasteiger partial charge in [0.05, 0.1) is 22.3 Å². The van der Waals surface area contributed by atoms with Gasteiger partial charge in [-0.25, -0.2) is 4.98 Å². The molecule has 27 heavy (non-hydrogen) atoms. The number of carbonyl (C=O) groups is 2. The maximum atomic E-state index is 12.9. The summed E-state index contributed by atoms with van der Waals surface area (Å²) >= 11 is 0. The molecule has 2 amide bonds. The summed E-state index contributed by atoms with van der Waals surface area (Å²) in [5, 5.41) is 7.19. The number of furan rings is 1. The first-order chi connectivity index (χ1) is 12.7. The van der Waals surface area contributed by atoms with Gasteiger partial charge in [-0.2, -0.15) is 0 Å². The maximum Gasteiger partial charge on any atom is 0.259 e. The summed E-state index contributed by atoms with van der Waals surface area (Å²) in [4.78, 5) is 30.9. The fourth-order valence-electron chi connectivity index (χ4n) is 3.02. The molecule has 142 valence electrons. The Morgan fingerprint density at radius 3 is 2.48 bits per heavy atom. The summed E-state index contributed by atoms with van der Waals surface area (Å²) < 4.78 is 10.9. The van der Waals surface area contributed by atoms with Crippen LogP contribution in [0.15, 0.2) is 21.1 Å². The van der Waals surface area contributed by atoms with E-state index in [0.717, 1.165) is 11.3 Å². The van der Waals surface area contributed by atoms with Crippen LogP contribution in [0, 0.1) is 20.8 Å². The van der Waals surface area contributed by atoms with Gasteiger partial charge >= 0.3 is 0 Å². The number of fused-ring (bicyclic) bond motifs is 1. The van der Waals surface area contributed by atoms with Crippen LogP contribution in [0.1, 0.15) is 34.5 Å². The number of hydrogen-bond donors (Lipinski definition) is 1. The lowest BCUT2D eigenvalue weighted by Gasteiger charge is -2.18. The van der Waals surface area contributed by atoms with Crippen molar-refractivity contribution in [3.8, 4) is 11.3 Å². The van der Waals surface area contributed by atoms with E-state index in [1.54, 1.807) is 34.0 Å². The Labute approximate surface area is 156 Å². The van der Waals surface area contributed by atoms with Crippen molar-refractivity contribution < 1.29 is 18.5 Å². The molecule has 3 aromatic rings. The third-order valence-corrected chi connectivity index (χ3v) is 4.34. The summed E-state index contributed by atoms with van der Waals surface area (Å²) in [5.74, 6) is 0.847. The Hall–Kier alpha value is -3.16. The van der Waals surface area contributed by atoms with E-state index in [9.17, 15) is 9.59 Å². The fraction of sp³-hybridized carbons (Fsp3) is 0.368. The van der Waals surface area contributed by atoms with Crippen LogP contribution in [0.25, 0.3) is 22.4 Å². The number of nitrogens with zero attached hydrogens (tertiary/aromatic N) is 3. The Balaban J connectivity index is 2.08. The molecule has 3 rings (SSSR count). The van der Waals surface area contributed by atoms with E-state index in [1.807, 2.05) is 19.9 Å². The van der Waals surface area contributed by atoms with Gasteiger partial charge in [0.2, 0.25) is 5.91 Å². The van der Waals surface area contributed by atoms with Crippen LogP contribution < -0.4 is 5.32 Å². The molecule has 0 saturated heterocycles. The number of rotatable bonds is 4. The number of carbonyl (C=O) groups excluding carboxylic acids is 2. The van der Waals surface area contributed by atoms with Crippen molar-refractivity contribution in [2.75, 3.05) is 14.1 Å². The van der Waals surface area contributed by atoms with Crippen molar-refractivity contribution in [3.05, 3.63) is 34.9 Å². The van der Waals surface area contributed by atoms with Gasteiger partial charge in [-0.1, -0.05) is 5.16 Å². The minimum atomic E-state index is -0.669. The molecule has 0 radical (unpaired) electrons. The summed E-state index contributed by atoms with van der Waals surface area (Å²) in [6.45, 7) is 7.06. The first kappa shape index (κ1) is 18.6. The second kappa shape index (κ2) is 6.86. The molecule has 3 heterocycles. The van der Waals surface area contributed by atoms with Crippen molar-refractivity contribution in [2.45, 2.75) is 33.7 Å². The van der Waals surface area contributed by atoms with Crippen LogP contribution in [-0.2, 0) is 4.79 Å². The second-order valence-corrected chi connectivity index (χ2v) is 6.76. The van der Waals surface area contributed by atoms with Crippen LogP contribution in [0.2, 0.25) is 0 Å². The number of pyridine rings is 1. The predicted molar refractivity (Wildman–Crippen MR) is 99.3 cm³/mol. The molecule has 0 spiro atoms. The Morgan fingerprint density at radius 1 is 1.19 bits per heavy atom. The second-order valence-electron chi connectivity index (χ2n) is 6.76. The molecule has 0 aliphatic heterocycles. The van der Waals surface area contributed by atoms with Crippen molar-refractivity contribution in [3.63, 3.8) is 0 Å². The van der Waals surface area contributed by atoms with Gasteiger partial charge in [-0.15, -0.1) is 0 Å². The smallest absolute Gasteiger partial charge is 0.259 e. The fourth-order valence-corrected chi connectivity index (χ4v) is 3.02. The normalized spacial score (nSPS) is 12.2. The van der Waals surface area contributed by atoms with Gasteiger partial charge in [0.25, 0.3) is 11.6 Å². The number of aromatic nitrogens is 2. The minimum Gasteiger partial charge on any atom is -0.466 e. The minimum absolute atomic E-state index is 0.197. The van der Waals surface area contributed by atoms with Crippen molar-refractivity contribution >= 4 is 22.9 Å². The first-order valence-electron chi connectivity index (χ1n) is 8.55. The molecule has 1 N–H and O–H groups in total. The van der Waals surface area contributed by atoms with E-state index in [2.05, 4.69) is 15.5 Å². The van der Waals surface area contributed by atoms with E-state index in [4.69, 9.17) is 8.94 Å². The van der Waals surface area contributed by atoms with Gasteiger partial charge in [0, 0.05) is 19.7 Å². The zero-order valence-corrected chi connectivity index (χ0v) is 16.2. The molecule has 3 aromatic heterocycles. The van der Waals surface area contributed by atoms with Gasteiger partial charge in [-0.3, -0.25) is 9.59 Å². The number of likely N-dealkylation sites (N-methyl/N-ethyl adjacent to an activating group) is 1. The van der Waals surface area contributed by atoms with E-state index in [-0.39, 0.29) is 11.6 Å². The molecule has 0 fully saturated rings. The van der Waals surface area contributed by atoms with Crippen molar-refractivity contribution in [1.82, 2.24) is 20.4 Å². The Morgan fingerprint density at radius 2 is 1.89 bits per heavy atom. The van der Waals surface area contributed by atoms with Gasteiger partial charge in [-0.05, 0) is 39.8 Å². The van der Waals surface area contributed by atoms with Crippen LogP contribution in [0.3, 0.4) is 0 Å². The zero-order chi connectivity index (χ0) is 19.9. The highest BCUT2D eigenvalue weighted by Crippen LogP contribution is 2.30. The summed E-state index contributed by atoms with van der Waals surface area (Å²) in [5.41, 5.74) is 2.49. The van der Waals surface area contributed by atoms with Crippen LogP contribution in [0.5, 0.6) is 0 Å². The number of aryl methyl sites for hydroxylation is 3. The summed E-state index contributed by atoms with van der Waals surface area (Å²) in [7, 11) is 3.28. The van der Waals surface area contributed by atoms with Gasteiger partial charge < -0.3 is 19.2 Å². The lowest BCUT2D eigenvalue weighted by atomic mass is 10.0. The van der Waals surface area contributed by atoms with E-state index in [0.29, 0.717) is 28.1 Å². The highest BCUT2D eigenvalue weighted by Gasteiger charge is 2.24. The van der Waals surface area contributed by atoms with Gasteiger partial charge in [0.15, 0.2) is 0 Å². The van der Waals surface area contributed by atoms with Crippen molar-refractivity contribution in [2.24, 2.45) is 0 Å². The highest BCUT2D eigenvalue weighted by molar-refractivity contribution is 6.08. The lowest BCUT2D eigenvalue weighted by molar-refractivity contribution is -0.130. The SMILES string of the molecule is Cc1cc(-c2cc(C(=O)N[C@H](C)C(=O)N(C)C)c3c(C)noc3n2)c(C)o1. The largest absolute Gasteiger partial charge is 0.466 e. The molecule has 0 saturated carbocycles. The molecule has 1 atom stereocenters. The molecular formula is C19H22N4O4. The lowest BCUT2D eigenvalue weighted by Crippen LogP contribution is -2.44. The highest BCUT2D eigenvalue weighted by atomic mass is 16.5. The molecule has 0 aromatic carbocycles. The average molecular weight is 370 g/mol. The number of hydrogen-bond acceptors (Lipinski definition) is 6. The standard InChI is InChI=1S/C19H22N4O4/c1-9-7-13(12(4)26-9)15-8-14(16-10(2)22-27-18(16)21-15)17(24)20-11(3)19(25)23(5)6/h7-8,11H,1-6H3,(H,20,24)/t11-/m1/s1. The molecule has 0 bridgehead atoms. The molecule has 8 heteroatoms. The predicted octanol–water partition coefficient (Wildman–Crippen LogP) is 2.61. The average Bonchev–Trinajstić information content (AvgIpc) is 3.15. The van der Waals surface area contributed by atoms with E-state index >= 15 is 0 Å². The molecule has 8 nitrogen and oxygen atoms in total. The van der Waals surface area contributed by atoms with E-state index < -0.39 is 11.9 Å². The number of nitrogens with one attached hydrogen (secondary N) is 1. The monoisotopic (exact) mass is 370 g/mol. The summed E-state index contributed by atoms with van der Waals surface area (Å²) in [6.07, 6.45) is 0. The van der Waals surface area contributed by atoms with Gasteiger partial charge in [0.1, 0.15) is 17.6 Å². The first-order valence-corrected chi connectivity index (χ1v) is 8.55. The topological polar surface area (TPSA) is 101 Å². The molecule has 0 aliphatic rings. The van der Waals surface area contributed by atoms with Crippen LogP contribution >= 0.6 is 0 Å². The maximum absolute atomic E-state index is 12.9. The van der Waals surface area contributed by atoms with Crippen molar-refractivity contribution in [1.29, 1.82) is 0 Å². The van der Waals surface area contributed by atoms with Crippen LogP contribution in [-0.4, -0.2) is 47.0 Å². The third kappa shape index (κ3) is 3.42. The zero-order valence-electron chi connectivity index (χ0n) is 16.2. The molecule has 0 aliphatic carbocycles. The Kier molecular flexibility index (Phi) is 4.73. The van der Waals surface area contributed by atoms with E-state index in [1.165, 1.54) is 4.90 Å².